The van der Waals surface area contributed by atoms with Gasteiger partial charge in [0, 0.05) is 24.5 Å². The average Bonchev–Trinajstić information content (AvgIpc) is 3.31. The van der Waals surface area contributed by atoms with E-state index in [0.29, 0.717) is 11.3 Å². The van der Waals surface area contributed by atoms with Crippen LogP contribution in [0.5, 0.6) is 0 Å². The van der Waals surface area contributed by atoms with Gasteiger partial charge in [0.25, 0.3) is 11.6 Å². The van der Waals surface area contributed by atoms with Gasteiger partial charge in [0.05, 0.1) is 28.9 Å². The number of rotatable bonds is 3. The molecule has 1 amide bonds. The summed E-state index contributed by atoms with van der Waals surface area (Å²) in [6.07, 6.45) is 7.15. The monoisotopic (exact) mass is 325 g/mol. The highest BCUT2D eigenvalue weighted by Crippen LogP contribution is 2.33. The molecule has 3 aromatic rings. The fourth-order valence-electron chi connectivity index (χ4n) is 3.35. The molecule has 124 valence electrons. The second-order valence-corrected chi connectivity index (χ2v) is 6.49. The van der Waals surface area contributed by atoms with Crippen LogP contribution < -0.4 is 0 Å². The Labute approximate surface area is 139 Å². The lowest BCUT2D eigenvalue weighted by Gasteiger charge is -2.23. The summed E-state index contributed by atoms with van der Waals surface area (Å²) >= 11 is 0. The van der Waals surface area contributed by atoms with Crippen molar-refractivity contribution in [2.45, 2.75) is 38.6 Å². The third kappa shape index (κ3) is 2.36. The summed E-state index contributed by atoms with van der Waals surface area (Å²) in [7, 11) is 0. The number of fused-ring (bicyclic) bond motifs is 1. The van der Waals surface area contributed by atoms with Crippen LogP contribution in [0.15, 0.2) is 29.2 Å². The van der Waals surface area contributed by atoms with E-state index in [1.165, 1.54) is 0 Å². The Bertz CT molecular complexity index is 868. The summed E-state index contributed by atoms with van der Waals surface area (Å²) in [4.78, 5) is 19.2. The van der Waals surface area contributed by atoms with Gasteiger partial charge in [-0.3, -0.25) is 9.89 Å². The van der Waals surface area contributed by atoms with Crippen LogP contribution in [0.3, 0.4) is 0 Å². The minimum Gasteiger partial charge on any atom is -0.336 e. The number of pyridine rings is 1. The summed E-state index contributed by atoms with van der Waals surface area (Å²) < 4.78 is 5.25. The second-order valence-electron chi connectivity index (χ2n) is 6.49. The average molecular weight is 325 g/mol. The van der Waals surface area contributed by atoms with E-state index in [2.05, 4.69) is 20.3 Å². The Morgan fingerprint density at radius 3 is 3.04 bits per heavy atom. The van der Waals surface area contributed by atoms with Gasteiger partial charge >= 0.3 is 0 Å². The van der Waals surface area contributed by atoms with E-state index >= 15 is 0 Å². The molecule has 7 heteroatoms. The van der Waals surface area contributed by atoms with Crippen molar-refractivity contribution < 1.29 is 9.32 Å². The SMILES string of the molecule is CC(C)c1noc2ncc(C(=O)N3CCCC3c3cn[nH]c3)cc12. The van der Waals surface area contributed by atoms with Crippen molar-refractivity contribution in [2.75, 3.05) is 6.54 Å². The first-order valence-corrected chi connectivity index (χ1v) is 8.20. The predicted octanol–water partition coefficient (Wildman–Crippen LogP) is 3.05. The number of likely N-dealkylation sites (tertiary alicyclic amines) is 1. The molecule has 1 aliphatic heterocycles. The highest BCUT2D eigenvalue weighted by atomic mass is 16.5. The molecule has 1 N–H and O–H groups in total. The summed E-state index contributed by atoms with van der Waals surface area (Å²) in [5, 5.41) is 11.7. The van der Waals surface area contributed by atoms with Gasteiger partial charge in [-0.25, -0.2) is 4.98 Å². The number of aromatic amines is 1. The topological polar surface area (TPSA) is 87.9 Å². The van der Waals surface area contributed by atoms with Crippen molar-refractivity contribution in [2.24, 2.45) is 0 Å². The van der Waals surface area contributed by atoms with E-state index in [4.69, 9.17) is 4.52 Å². The molecule has 0 aliphatic carbocycles. The molecule has 4 rings (SSSR count). The van der Waals surface area contributed by atoms with Crippen LogP contribution in [-0.2, 0) is 0 Å². The zero-order valence-corrected chi connectivity index (χ0v) is 13.7. The molecule has 1 unspecified atom stereocenters. The first-order valence-electron chi connectivity index (χ1n) is 8.20. The van der Waals surface area contributed by atoms with E-state index in [1.54, 1.807) is 12.4 Å². The lowest BCUT2D eigenvalue weighted by Crippen LogP contribution is -2.30. The van der Waals surface area contributed by atoms with Gasteiger partial charge in [0.2, 0.25) is 0 Å². The fourth-order valence-corrected chi connectivity index (χ4v) is 3.35. The molecule has 0 radical (unpaired) electrons. The lowest BCUT2D eigenvalue weighted by molar-refractivity contribution is 0.0735. The standard InChI is InChI=1S/C17H19N5O2/c1-10(2)15-13-6-11(7-18-16(13)24-21-15)17(23)22-5-3-4-14(22)12-8-19-20-9-12/h6-10,14H,3-5H2,1-2H3,(H,19,20). The first-order chi connectivity index (χ1) is 11.6. The van der Waals surface area contributed by atoms with Crippen molar-refractivity contribution in [1.29, 1.82) is 0 Å². The second kappa shape index (κ2) is 5.74. The van der Waals surface area contributed by atoms with Gasteiger partial charge in [-0.15, -0.1) is 0 Å². The Morgan fingerprint density at radius 2 is 2.29 bits per heavy atom. The zero-order valence-electron chi connectivity index (χ0n) is 13.7. The normalized spacial score (nSPS) is 18.0. The molecule has 4 heterocycles. The maximum absolute atomic E-state index is 13.0. The molecule has 7 nitrogen and oxygen atoms in total. The molecule has 0 aromatic carbocycles. The van der Waals surface area contributed by atoms with Gasteiger partial charge in [-0.2, -0.15) is 5.10 Å². The minimum absolute atomic E-state index is 0.0102. The summed E-state index contributed by atoms with van der Waals surface area (Å²) in [6.45, 7) is 4.83. The van der Waals surface area contributed by atoms with Gasteiger partial charge in [-0.05, 0) is 24.8 Å². The van der Waals surface area contributed by atoms with Gasteiger partial charge in [0.1, 0.15) is 0 Å². The number of nitrogens with one attached hydrogen (secondary N) is 1. The molecule has 1 aliphatic rings. The fraction of sp³-hybridized carbons (Fsp3) is 0.412. The highest BCUT2D eigenvalue weighted by Gasteiger charge is 2.31. The number of carbonyl (C=O) groups excluding carboxylic acids is 1. The molecule has 0 spiro atoms. The third-order valence-electron chi connectivity index (χ3n) is 4.57. The van der Waals surface area contributed by atoms with Crippen LogP contribution in [0.2, 0.25) is 0 Å². The smallest absolute Gasteiger partial charge is 0.257 e. The van der Waals surface area contributed by atoms with E-state index in [1.807, 2.05) is 31.0 Å². The maximum atomic E-state index is 13.0. The minimum atomic E-state index is -0.0102. The van der Waals surface area contributed by atoms with E-state index in [0.717, 1.165) is 36.0 Å². The third-order valence-corrected chi connectivity index (χ3v) is 4.57. The van der Waals surface area contributed by atoms with E-state index in [9.17, 15) is 4.79 Å². The number of amides is 1. The summed E-state index contributed by atoms with van der Waals surface area (Å²) in [5.74, 6) is 0.202. The Balaban J connectivity index is 1.69. The van der Waals surface area contributed by atoms with E-state index < -0.39 is 0 Å². The first kappa shape index (κ1) is 14.9. The summed E-state index contributed by atoms with van der Waals surface area (Å²) in [6, 6.07) is 1.92. The number of nitrogens with zero attached hydrogens (tertiary/aromatic N) is 4. The number of hydrogen-bond acceptors (Lipinski definition) is 5. The Morgan fingerprint density at radius 1 is 1.42 bits per heavy atom. The predicted molar refractivity (Wildman–Crippen MR) is 87.5 cm³/mol. The van der Waals surface area contributed by atoms with E-state index in [-0.39, 0.29) is 17.9 Å². The molecule has 1 fully saturated rings. The molecule has 1 atom stereocenters. The molecule has 0 bridgehead atoms. The molecular weight excluding hydrogens is 306 g/mol. The molecule has 24 heavy (non-hydrogen) atoms. The number of aromatic nitrogens is 4. The molecule has 1 saturated heterocycles. The van der Waals surface area contributed by atoms with Crippen molar-refractivity contribution in [3.63, 3.8) is 0 Å². The molecule has 0 saturated carbocycles. The number of H-pyrrole nitrogens is 1. The lowest BCUT2D eigenvalue weighted by atomic mass is 10.1. The van der Waals surface area contributed by atoms with Crippen molar-refractivity contribution in [3.8, 4) is 0 Å². The van der Waals surface area contributed by atoms with Crippen LogP contribution in [-0.4, -0.2) is 37.7 Å². The van der Waals surface area contributed by atoms with Crippen molar-refractivity contribution >= 4 is 17.0 Å². The van der Waals surface area contributed by atoms with Crippen molar-refractivity contribution in [1.82, 2.24) is 25.2 Å². The molecular formula is C17H19N5O2. The zero-order chi connectivity index (χ0) is 16.7. The summed E-state index contributed by atoms with van der Waals surface area (Å²) in [5.41, 5.74) is 2.92. The van der Waals surface area contributed by atoms with Gasteiger partial charge < -0.3 is 9.42 Å². The quantitative estimate of drug-likeness (QED) is 0.799. The number of hydrogen-bond donors (Lipinski definition) is 1. The van der Waals surface area contributed by atoms with Crippen molar-refractivity contribution in [3.05, 3.63) is 41.5 Å². The largest absolute Gasteiger partial charge is 0.336 e. The van der Waals surface area contributed by atoms with Crippen LogP contribution in [0.25, 0.3) is 11.1 Å². The highest BCUT2D eigenvalue weighted by molar-refractivity contribution is 5.97. The van der Waals surface area contributed by atoms with Crippen LogP contribution in [0.1, 0.15) is 60.3 Å². The Hall–Kier alpha value is -2.70. The van der Waals surface area contributed by atoms with Gasteiger partial charge in [-0.1, -0.05) is 19.0 Å². The van der Waals surface area contributed by atoms with Crippen LogP contribution in [0, 0.1) is 0 Å². The van der Waals surface area contributed by atoms with Crippen LogP contribution >= 0.6 is 0 Å². The maximum Gasteiger partial charge on any atom is 0.257 e. The number of carbonyl (C=O) groups is 1. The molecule has 3 aromatic heterocycles. The van der Waals surface area contributed by atoms with Gasteiger partial charge in [0.15, 0.2) is 0 Å². The Kier molecular flexibility index (Phi) is 3.55. The van der Waals surface area contributed by atoms with Crippen LogP contribution in [0.4, 0.5) is 0 Å².